The molecule has 0 radical (unpaired) electrons. The topological polar surface area (TPSA) is 50.7 Å². The zero-order valence-corrected chi connectivity index (χ0v) is 10.7. The van der Waals surface area contributed by atoms with Crippen LogP contribution in [0.15, 0.2) is 18.2 Å². The van der Waals surface area contributed by atoms with Gasteiger partial charge in [-0.25, -0.2) is 0 Å². The van der Waals surface area contributed by atoms with E-state index in [0.717, 1.165) is 18.5 Å². The van der Waals surface area contributed by atoms with Crippen molar-refractivity contribution in [2.24, 2.45) is 0 Å². The van der Waals surface area contributed by atoms with Gasteiger partial charge in [0.15, 0.2) is 11.5 Å². The maximum atomic E-state index is 9.97. The molecule has 96 valence electrons. The van der Waals surface area contributed by atoms with Crippen LogP contribution in [0.3, 0.4) is 0 Å². The molecule has 0 aromatic heterocycles. The SMILES string of the molecule is CCCNCC(O)c1ccc(OC)c(OC)c1. The van der Waals surface area contributed by atoms with Gasteiger partial charge in [-0.2, -0.15) is 0 Å². The number of aliphatic hydroxyl groups excluding tert-OH is 1. The van der Waals surface area contributed by atoms with Crippen LogP contribution in [0.1, 0.15) is 25.0 Å². The van der Waals surface area contributed by atoms with Crippen LogP contribution >= 0.6 is 0 Å². The largest absolute Gasteiger partial charge is 0.493 e. The maximum Gasteiger partial charge on any atom is 0.161 e. The van der Waals surface area contributed by atoms with Gasteiger partial charge in [0.05, 0.1) is 20.3 Å². The van der Waals surface area contributed by atoms with Crippen molar-refractivity contribution < 1.29 is 14.6 Å². The van der Waals surface area contributed by atoms with Crippen molar-refractivity contribution in [3.05, 3.63) is 23.8 Å². The summed E-state index contributed by atoms with van der Waals surface area (Å²) in [6.45, 7) is 3.55. The number of benzene rings is 1. The van der Waals surface area contributed by atoms with Gasteiger partial charge < -0.3 is 19.9 Å². The number of methoxy groups -OCH3 is 2. The number of rotatable bonds is 7. The highest BCUT2D eigenvalue weighted by Crippen LogP contribution is 2.29. The quantitative estimate of drug-likeness (QED) is 0.712. The summed E-state index contributed by atoms with van der Waals surface area (Å²) in [6, 6.07) is 5.45. The lowest BCUT2D eigenvalue weighted by Crippen LogP contribution is -2.22. The van der Waals surface area contributed by atoms with E-state index >= 15 is 0 Å². The van der Waals surface area contributed by atoms with Gasteiger partial charge in [-0.3, -0.25) is 0 Å². The van der Waals surface area contributed by atoms with Crippen molar-refractivity contribution in [3.63, 3.8) is 0 Å². The number of nitrogens with one attached hydrogen (secondary N) is 1. The van der Waals surface area contributed by atoms with Gasteiger partial charge >= 0.3 is 0 Å². The third kappa shape index (κ3) is 3.91. The van der Waals surface area contributed by atoms with Gasteiger partial charge in [0, 0.05) is 6.54 Å². The van der Waals surface area contributed by atoms with Crippen LogP contribution in [0.5, 0.6) is 11.5 Å². The van der Waals surface area contributed by atoms with Crippen molar-refractivity contribution in [2.75, 3.05) is 27.3 Å². The number of aliphatic hydroxyl groups is 1. The van der Waals surface area contributed by atoms with Gasteiger partial charge in [0.1, 0.15) is 0 Å². The second-order valence-electron chi connectivity index (χ2n) is 3.83. The average Bonchev–Trinajstić information content (AvgIpc) is 2.38. The molecule has 0 saturated heterocycles. The van der Waals surface area contributed by atoms with E-state index in [4.69, 9.17) is 9.47 Å². The Kier molecular flexibility index (Phi) is 5.80. The molecule has 1 aromatic carbocycles. The van der Waals surface area contributed by atoms with Crippen LogP contribution in [0.4, 0.5) is 0 Å². The van der Waals surface area contributed by atoms with Gasteiger partial charge in [-0.1, -0.05) is 13.0 Å². The van der Waals surface area contributed by atoms with E-state index in [9.17, 15) is 5.11 Å². The minimum Gasteiger partial charge on any atom is -0.493 e. The Balaban J connectivity index is 2.70. The summed E-state index contributed by atoms with van der Waals surface area (Å²) in [4.78, 5) is 0. The minimum atomic E-state index is -0.527. The average molecular weight is 239 g/mol. The molecular formula is C13H21NO3. The standard InChI is InChI=1S/C13H21NO3/c1-4-7-14-9-11(15)10-5-6-12(16-2)13(8-10)17-3/h5-6,8,11,14-15H,4,7,9H2,1-3H3. The van der Waals surface area contributed by atoms with Gasteiger partial charge in [0.2, 0.25) is 0 Å². The predicted octanol–water partition coefficient (Wildman–Crippen LogP) is 1.74. The Hall–Kier alpha value is -1.26. The van der Waals surface area contributed by atoms with E-state index < -0.39 is 6.10 Å². The molecule has 0 spiro atoms. The van der Waals surface area contributed by atoms with Gasteiger partial charge in [-0.15, -0.1) is 0 Å². The van der Waals surface area contributed by atoms with Crippen LogP contribution < -0.4 is 14.8 Å². The lowest BCUT2D eigenvalue weighted by molar-refractivity contribution is 0.174. The fourth-order valence-electron chi connectivity index (χ4n) is 1.59. The Morgan fingerprint density at radius 1 is 1.24 bits per heavy atom. The van der Waals surface area contributed by atoms with E-state index in [1.54, 1.807) is 26.4 Å². The Bertz CT molecular complexity index is 341. The zero-order valence-electron chi connectivity index (χ0n) is 10.7. The first kappa shape index (κ1) is 13.8. The third-order valence-corrected chi connectivity index (χ3v) is 2.56. The van der Waals surface area contributed by atoms with Crippen molar-refractivity contribution >= 4 is 0 Å². The van der Waals surface area contributed by atoms with Crippen LogP contribution in [-0.4, -0.2) is 32.4 Å². The van der Waals surface area contributed by atoms with E-state index in [-0.39, 0.29) is 0 Å². The first-order valence-corrected chi connectivity index (χ1v) is 5.83. The molecule has 4 nitrogen and oxygen atoms in total. The summed E-state index contributed by atoms with van der Waals surface area (Å²) in [6.07, 6.45) is 0.528. The second-order valence-corrected chi connectivity index (χ2v) is 3.83. The van der Waals surface area contributed by atoms with Crippen molar-refractivity contribution in [1.29, 1.82) is 0 Å². The summed E-state index contributed by atoms with van der Waals surface area (Å²) in [5, 5.41) is 13.1. The summed E-state index contributed by atoms with van der Waals surface area (Å²) in [7, 11) is 3.18. The van der Waals surface area contributed by atoms with Crippen LogP contribution in [0, 0.1) is 0 Å². The molecular weight excluding hydrogens is 218 g/mol. The van der Waals surface area contributed by atoms with E-state index in [2.05, 4.69) is 12.2 Å². The smallest absolute Gasteiger partial charge is 0.161 e. The molecule has 17 heavy (non-hydrogen) atoms. The fourth-order valence-corrected chi connectivity index (χ4v) is 1.59. The van der Waals surface area contributed by atoms with Crippen molar-refractivity contribution in [2.45, 2.75) is 19.4 Å². The molecule has 0 fully saturated rings. The highest BCUT2D eigenvalue weighted by Gasteiger charge is 2.10. The summed E-state index contributed by atoms with van der Waals surface area (Å²) < 4.78 is 10.3. The molecule has 1 rings (SSSR count). The van der Waals surface area contributed by atoms with Crippen molar-refractivity contribution in [3.8, 4) is 11.5 Å². The first-order chi connectivity index (χ1) is 8.22. The van der Waals surface area contributed by atoms with E-state index in [1.165, 1.54) is 0 Å². The maximum absolute atomic E-state index is 9.97. The molecule has 4 heteroatoms. The molecule has 2 N–H and O–H groups in total. The van der Waals surface area contributed by atoms with Crippen LogP contribution in [0.2, 0.25) is 0 Å². The first-order valence-electron chi connectivity index (χ1n) is 5.83. The number of ether oxygens (including phenoxy) is 2. The predicted molar refractivity (Wildman–Crippen MR) is 67.7 cm³/mol. The van der Waals surface area contributed by atoms with Gasteiger partial charge in [0.25, 0.3) is 0 Å². The highest BCUT2D eigenvalue weighted by atomic mass is 16.5. The lowest BCUT2D eigenvalue weighted by atomic mass is 10.1. The molecule has 0 bridgehead atoms. The van der Waals surface area contributed by atoms with E-state index in [0.29, 0.717) is 18.0 Å². The van der Waals surface area contributed by atoms with Crippen molar-refractivity contribution in [1.82, 2.24) is 5.32 Å². The molecule has 0 saturated carbocycles. The minimum absolute atomic E-state index is 0.527. The Labute approximate surface area is 103 Å². The molecule has 0 aliphatic heterocycles. The lowest BCUT2D eigenvalue weighted by Gasteiger charge is -2.14. The monoisotopic (exact) mass is 239 g/mol. The van der Waals surface area contributed by atoms with Crippen LogP contribution in [0.25, 0.3) is 0 Å². The molecule has 0 aliphatic rings. The molecule has 0 heterocycles. The van der Waals surface area contributed by atoms with Gasteiger partial charge in [-0.05, 0) is 30.7 Å². The third-order valence-electron chi connectivity index (χ3n) is 2.56. The molecule has 0 amide bonds. The second kappa shape index (κ2) is 7.14. The normalized spacial score (nSPS) is 12.2. The summed E-state index contributed by atoms with van der Waals surface area (Å²) in [5.41, 5.74) is 0.825. The highest BCUT2D eigenvalue weighted by molar-refractivity contribution is 5.43. The Morgan fingerprint density at radius 2 is 1.94 bits per heavy atom. The number of hydrogen-bond donors (Lipinski definition) is 2. The Morgan fingerprint density at radius 3 is 2.53 bits per heavy atom. The fraction of sp³-hybridized carbons (Fsp3) is 0.538. The number of hydrogen-bond acceptors (Lipinski definition) is 4. The molecule has 1 unspecified atom stereocenters. The summed E-state index contributed by atoms with van der Waals surface area (Å²) in [5.74, 6) is 1.31. The molecule has 1 aromatic rings. The zero-order chi connectivity index (χ0) is 12.7. The van der Waals surface area contributed by atoms with Crippen LogP contribution in [-0.2, 0) is 0 Å². The molecule has 1 atom stereocenters. The van der Waals surface area contributed by atoms with E-state index in [1.807, 2.05) is 6.07 Å². The summed E-state index contributed by atoms with van der Waals surface area (Å²) >= 11 is 0. The molecule has 0 aliphatic carbocycles.